The second-order valence-electron chi connectivity index (χ2n) is 2.04. The lowest BCUT2D eigenvalue weighted by Crippen LogP contribution is -1.95. The third-order valence-corrected chi connectivity index (χ3v) is 2.30. The Morgan fingerprint density at radius 1 is 1.25 bits per heavy atom. The highest BCUT2D eigenvalue weighted by atomic mass is 79.9. The van der Waals surface area contributed by atoms with E-state index in [9.17, 15) is 8.78 Å². The van der Waals surface area contributed by atoms with Crippen molar-refractivity contribution in [3.8, 4) is 5.75 Å². The van der Waals surface area contributed by atoms with E-state index in [4.69, 9.17) is 5.11 Å². The van der Waals surface area contributed by atoms with Gasteiger partial charge in [0.2, 0.25) is 0 Å². The number of thioether (sulfide) groups is 1. The van der Waals surface area contributed by atoms with Gasteiger partial charge in [0, 0.05) is 20.8 Å². The van der Waals surface area contributed by atoms with Gasteiger partial charge in [0.25, 0.3) is 0 Å². The fraction of sp³-hybridized carbons (Fsp3) is 0.143. The van der Waals surface area contributed by atoms with Gasteiger partial charge < -0.3 is 5.11 Å². The molecular formula is C7H5BrF2OS. The van der Waals surface area contributed by atoms with Gasteiger partial charge in [0.1, 0.15) is 5.75 Å². The largest absolute Gasteiger partial charge is 0.508 e. The zero-order chi connectivity index (χ0) is 9.19. The molecular weight excluding hydrogens is 250 g/mol. The van der Waals surface area contributed by atoms with Gasteiger partial charge in [0.05, 0.1) is 0 Å². The molecule has 1 aromatic rings. The Kier molecular flexibility index (Phi) is 2.95. The Bertz CT molecular complexity index is 257. The van der Waals surface area contributed by atoms with E-state index in [1.165, 1.54) is 24.3 Å². The van der Waals surface area contributed by atoms with Crippen LogP contribution in [-0.4, -0.2) is 9.27 Å². The quantitative estimate of drug-likeness (QED) is 0.645. The molecule has 1 rings (SSSR count). The molecule has 0 amide bonds. The molecule has 1 N–H and O–H groups in total. The molecule has 5 heteroatoms. The van der Waals surface area contributed by atoms with E-state index in [1.54, 1.807) is 0 Å². The summed E-state index contributed by atoms with van der Waals surface area (Å²) in [6, 6.07) is 5.58. The number of phenols is 1. The number of halogens is 3. The van der Waals surface area contributed by atoms with Crippen molar-refractivity contribution in [3.05, 3.63) is 24.3 Å². The fourth-order valence-electron chi connectivity index (χ4n) is 0.648. The smallest absolute Gasteiger partial charge is 0.353 e. The Balaban J connectivity index is 2.71. The summed E-state index contributed by atoms with van der Waals surface area (Å²) in [7, 11) is 0. The lowest BCUT2D eigenvalue weighted by molar-refractivity contribution is 0.221. The van der Waals surface area contributed by atoms with Crippen molar-refractivity contribution in [2.75, 3.05) is 0 Å². The number of benzene rings is 1. The highest BCUT2D eigenvalue weighted by Crippen LogP contribution is 2.40. The van der Waals surface area contributed by atoms with Crippen LogP contribution in [0.25, 0.3) is 0 Å². The van der Waals surface area contributed by atoms with Crippen LogP contribution < -0.4 is 0 Å². The zero-order valence-electron chi connectivity index (χ0n) is 5.80. The Morgan fingerprint density at radius 2 is 1.75 bits per heavy atom. The second kappa shape index (κ2) is 3.62. The van der Waals surface area contributed by atoms with E-state index in [-0.39, 0.29) is 5.75 Å². The maximum atomic E-state index is 12.3. The van der Waals surface area contributed by atoms with Crippen molar-refractivity contribution in [2.45, 2.75) is 9.06 Å². The molecule has 0 saturated carbocycles. The van der Waals surface area contributed by atoms with Crippen LogP contribution in [0.15, 0.2) is 29.2 Å². The van der Waals surface area contributed by atoms with Gasteiger partial charge in [-0.2, -0.15) is 8.78 Å². The van der Waals surface area contributed by atoms with Gasteiger partial charge in [-0.25, -0.2) is 0 Å². The van der Waals surface area contributed by atoms with Crippen LogP contribution >= 0.6 is 27.7 Å². The van der Waals surface area contributed by atoms with Crippen LogP contribution in [0.4, 0.5) is 8.78 Å². The van der Waals surface area contributed by atoms with E-state index in [0.29, 0.717) is 16.7 Å². The summed E-state index contributed by atoms with van der Waals surface area (Å²) in [6.45, 7) is 0. The van der Waals surface area contributed by atoms with Crippen LogP contribution in [0.2, 0.25) is 0 Å². The lowest BCUT2D eigenvalue weighted by atomic mass is 10.3. The number of aromatic hydroxyl groups is 1. The van der Waals surface area contributed by atoms with Crippen molar-refractivity contribution >= 4 is 27.7 Å². The molecule has 0 aromatic heterocycles. The number of rotatable bonds is 2. The first-order chi connectivity index (χ1) is 5.47. The summed E-state index contributed by atoms with van der Waals surface area (Å²) in [4.78, 5) is 0.398. The van der Waals surface area contributed by atoms with Crippen LogP contribution in [0.3, 0.4) is 0 Å². The van der Waals surface area contributed by atoms with Crippen LogP contribution in [0.5, 0.6) is 5.75 Å². The SMILES string of the molecule is Oc1ccc(SC(F)(F)Br)cc1. The summed E-state index contributed by atoms with van der Waals surface area (Å²) in [5.41, 5.74) is 0. The standard InChI is InChI=1S/C7H5BrF2OS/c8-7(9,10)12-6-3-1-5(11)2-4-6/h1-4,11H. The molecule has 0 fully saturated rings. The molecule has 0 heterocycles. The predicted molar refractivity (Wildman–Crippen MR) is 47.8 cm³/mol. The summed E-state index contributed by atoms with van der Waals surface area (Å²) in [5, 5.41) is 8.85. The maximum absolute atomic E-state index is 12.3. The second-order valence-corrected chi connectivity index (χ2v) is 4.75. The maximum Gasteiger partial charge on any atom is 0.353 e. The highest BCUT2D eigenvalue weighted by molar-refractivity contribution is 9.11. The van der Waals surface area contributed by atoms with Crippen molar-refractivity contribution < 1.29 is 13.9 Å². The first kappa shape index (κ1) is 9.80. The highest BCUT2D eigenvalue weighted by Gasteiger charge is 2.25. The molecule has 0 bridgehead atoms. The molecule has 0 unspecified atom stereocenters. The average Bonchev–Trinajstić information content (AvgIpc) is 1.91. The summed E-state index contributed by atoms with van der Waals surface area (Å²) in [5.74, 6) is 0.0669. The molecule has 0 radical (unpaired) electrons. The normalized spacial score (nSPS) is 11.6. The number of hydrogen-bond donors (Lipinski definition) is 1. The first-order valence-electron chi connectivity index (χ1n) is 3.02. The molecule has 12 heavy (non-hydrogen) atoms. The van der Waals surface area contributed by atoms with Gasteiger partial charge >= 0.3 is 4.16 Å². The van der Waals surface area contributed by atoms with Gasteiger partial charge in [-0.1, -0.05) is 0 Å². The summed E-state index contributed by atoms with van der Waals surface area (Å²) in [6.07, 6.45) is 0. The molecule has 0 atom stereocenters. The van der Waals surface area contributed by atoms with Crippen LogP contribution in [0, 0.1) is 0 Å². The minimum atomic E-state index is -2.95. The topological polar surface area (TPSA) is 20.2 Å². The molecule has 0 aliphatic carbocycles. The first-order valence-corrected chi connectivity index (χ1v) is 4.63. The molecule has 0 aliphatic rings. The third kappa shape index (κ3) is 3.40. The van der Waals surface area contributed by atoms with Crippen molar-refractivity contribution in [3.63, 3.8) is 0 Å². The van der Waals surface area contributed by atoms with E-state index in [1.807, 2.05) is 0 Å². The monoisotopic (exact) mass is 254 g/mol. The molecule has 0 spiro atoms. The Hall–Kier alpha value is -0.290. The Morgan fingerprint density at radius 3 is 2.17 bits per heavy atom. The average molecular weight is 255 g/mol. The van der Waals surface area contributed by atoms with Gasteiger partial charge in [-0.05, 0) is 36.0 Å². The van der Waals surface area contributed by atoms with Crippen molar-refractivity contribution in [2.24, 2.45) is 0 Å². The summed E-state index contributed by atoms with van der Waals surface area (Å²) >= 11 is 2.58. The number of hydrogen-bond acceptors (Lipinski definition) is 2. The number of alkyl halides is 3. The van der Waals surface area contributed by atoms with E-state index in [2.05, 4.69) is 15.9 Å². The van der Waals surface area contributed by atoms with Gasteiger partial charge in [-0.15, -0.1) is 0 Å². The minimum absolute atomic E-state index is 0.0669. The van der Waals surface area contributed by atoms with Gasteiger partial charge in [0.15, 0.2) is 0 Å². The third-order valence-electron chi connectivity index (χ3n) is 1.07. The van der Waals surface area contributed by atoms with E-state index in [0.717, 1.165) is 0 Å². The molecule has 66 valence electrons. The van der Waals surface area contributed by atoms with Gasteiger partial charge in [-0.3, -0.25) is 0 Å². The number of phenolic OH excluding ortho intramolecular Hbond substituents is 1. The molecule has 0 saturated heterocycles. The van der Waals surface area contributed by atoms with E-state index < -0.39 is 4.16 Å². The summed E-state index contributed by atoms with van der Waals surface area (Å²) < 4.78 is 21.7. The Labute approximate surface area is 80.9 Å². The predicted octanol–water partition coefficient (Wildman–Crippen LogP) is 3.43. The minimum Gasteiger partial charge on any atom is -0.508 e. The molecule has 0 aliphatic heterocycles. The van der Waals surface area contributed by atoms with Crippen LogP contribution in [0.1, 0.15) is 0 Å². The van der Waals surface area contributed by atoms with Crippen molar-refractivity contribution in [1.29, 1.82) is 0 Å². The molecule has 1 aromatic carbocycles. The fourth-order valence-corrected chi connectivity index (χ4v) is 1.75. The van der Waals surface area contributed by atoms with Crippen molar-refractivity contribution in [1.82, 2.24) is 0 Å². The van der Waals surface area contributed by atoms with Crippen LogP contribution in [-0.2, 0) is 0 Å². The van der Waals surface area contributed by atoms with E-state index >= 15 is 0 Å². The zero-order valence-corrected chi connectivity index (χ0v) is 8.20. The lowest BCUT2D eigenvalue weighted by Gasteiger charge is -2.06. The molecule has 1 nitrogen and oxygen atoms in total.